The molecule has 0 saturated carbocycles. The average molecular weight is 475 g/mol. The second kappa shape index (κ2) is 11.5. The van der Waals surface area contributed by atoms with Crippen molar-refractivity contribution in [3.05, 3.63) is 53.6 Å². The van der Waals surface area contributed by atoms with Crippen LogP contribution in [0.2, 0.25) is 0 Å². The third kappa shape index (κ3) is 6.26. The number of piperidine rings is 1. The molecule has 33 heavy (non-hydrogen) atoms. The molecule has 1 heterocycles. The van der Waals surface area contributed by atoms with Crippen molar-refractivity contribution in [3.8, 4) is 11.5 Å². The molecule has 0 N–H and O–H groups in total. The lowest BCUT2D eigenvalue weighted by Gasteiger charge is -2.25. The van der Waals surface area contributed by atoms with Gasteiger partial charge in [-0.3, -0.25) is 4.79 Å². The third-order valence-corrected chi connectivity index (χ3v) is 7.97. The molecule has 1 fully saturated rings. The van der Waals surface area contributed by atoms with Crippen LogP contribution in [0.15, 0.2) is 47.4 Å². The molecule has 3 rings (SSSR count). The van der Waals surface area contributed by atoms with E-state index in [4.69, 9.17) is 9.47 Å². The SMILES string of the molecule is CCN(Cc1ccc(OC)c(OC)c1)C(=O)CCc1ccc(S(=O)(=O)N2CCCCC2)cc1. The monoisotopic (exact) mass is 474 g/mol. The lowest BCUT2D eigenvalue weighted by atomic mass is 10.1. The Morgan fingerprint density at radius 2 is 1.58 bits per heavy atom. The van der Waals surface area contributed by atoms with Crippen molar-refractivity contribution in [1.82, 2.24) is 9.21 Å². The van der Waals surface area contributed by atoms with Crippen LogP contribution in [-0.4, -0.2) is 57.4 Å². The maximum absolute atomic E-state index is 12.8. The fourth-order valence-corrected chi connectivity index (χ4v) is 5.58. The van der Waals surface area contributed by atoms with E-state index < -0.39 is 10.0 Å². The summed E-state index contributed by atoms with van der Waals surface area (Å²) < 4.78 is 37.8. The van der Waals surface area contributed by atoms with E-state index in [2.05, 4.69) is 0 Å². The molecule has 1 amide bonds. The van der Waals surface area contributed by atoms with Gasteiger partial charge in [0.25, 0.3) is 0 Å². The molecule has 0 atom stereocenters. The molecule has 0 bridgehead atoms. The topological polar surface area (TPSA) is 76.1 Å². The van der Waals surface area contributed by atoms with Crippen molar-refractivity contribution >= 4 is 15.9 Å². The lowest BCUT2D eigenvalue weighted by molar-refractivity contribution is -0.131. The summed E-state index contributed by atoms with van der Waals surface area (Å²) in [6.07, 6.45) is 3.83. The molecule has 0 aromatic heterocycles. The van der Waals surface area contributed by atoms with Crippen LogP contribution in [0, 0.1) is 0 Å². The standard InChI is InChI=1S/C25H34N2O5S/c1-4-26(19-21-10-14-23(31-2)24(18-21)32-3)25(28)15-11-20-8-12-22(13-9-20)33(29,30)27-16-6-5-7-17-27/h8-10,12-14,18H,4-7,11,15-17,19H2,1-3H3. The molecular formula is C25H34N2O5S. The van der Waals surface area contributed by atoms with Crippen LogP contribution in [0.3, 0.4) is 0 Å². The molecular weight excluding hydrogens is 440 g/mol. The van der Waals surface area contributed by atoms with E-state index >= 15 is 0 Å². The van der Waals surface area contributed by atoms with Crippen molar-refractivity contribution in [3.63, 3.8) is 0 Å². The van der Waals surface area contributed by atoms with E-state index in [9.17, 15) is 13.2 Å². The highest BCUT2D eigenvalue weighted by Gasteiger charge is 2.25. The van der Waals surface area contributed by atoms with Gasteiger partial charge in [-0.25, -0.2) is 8.42 Å². The van der Waals surface area contributed by atoms with Crippen LogP contribution in [0.1, 0.15) is 43.7 Å². The van der Waals surface area contributed by atoms with Crippen LogP contribution in [0.4, 0.5) is 0 Å². The summed E-state index contributed by atoms with van der Waals surface area (Å²) >= 11 is 0. The predicted molar refractivity (Wildman–Crippen MR) is 128 cm³/mol. The first-order valence-electron chi connectivity index (χ1n) is 11.5. The largest absolute Gasteiger partial charge is 0.493 e. The van der Waals surface area contributed by atoms with Gasteiger partial charge in [0.1, 0.15) is 0 Å². The van der Waals surface area contributed by atoms with E-state index in [-0.39, 0.29) is 5.91 Å². The number of sulfonamides is 1. The number of hydrogen-bond donors (Lipinski definition) is 0. The minimum atomic E-state index is -3.43. The Kier molecular flexibility index (Phi) is 8.74. The zero-order valence-electron chi connectivity index (χ0n) is 19.7. The van der Waals surface area contributed by atoms with Crippen LogP contribution in [-0.2, 0) is 27.8 Å². The summed E-state index contributed by atoms with van der Waals surface area (Å²) in [6, 6.07) is 12.6. The Hall–Kier alpha value is -2.58. The summed E-state index contributed by atoms with van der Waals surface area (Å²) in [6.45, 7) is 4.22. The average Bonchev–Trinajstić information content (AvgIpc) is 2.86. The van der Waals surface area contributed by atoms with Crippen molar-refractivity contribution in [2.24, 2.45) is 0 Å². The third-order valence-electron chi connectivity index (χ3n) is 6.06. The molecule has 1 saturated heterocycles. The molecule has 8 heteroatoms. The second-order valence-electron chi connectivity index (χ2n) is 8.21. The smallest absolute Gasteiger partial charge is 0.243 e. The number of methoxy groups -OCH3 is 2. The molecule has 1 aliphatic rings. The van der Waals surface area contributed by atoms with Crippen molar-refractivity contribution < 1.29 is 22.7 Å². The molecule has 1 aliphatic heterocycles. The van der Waals surface area contributed by atoms with Gasteiger partial charge >= 0.3 is 0 Å². The zero-order chi connectivity index (χ0) is 23.8. The number of nitrogens with zero attached hydrogens (tertiary/aromatic N) is 2. The van der Waals surface area contributed by atoms with Crippen molar-refractivity contribution in [1.29, 1.82) is 0 Å². The number of hydrogen-bond acceptors (Lipinski definition) is 5. The summed E-state index contributed by atoms with van der Waals surface area (Å²) in [5, 5.41) is 0. The molecule has 2 aromatic carbocycles. The highest BCUT2D eigenvalue weighted by molar-refractivity contribution is 7.89. The predicted octanol–water partition coefficient (Wildman–Crippen LogP) is 3.86. The van der Waals surface area contributed by atoms with E-state index in [1.807, 2.05) is 37.3 Å². The van der Waals surface area contributed by atoms with Crippen LogP contribution in [0.25, 0.3) is 0 Å². The van der Waals surface area contributed by atoms with Crippen molar-refractivity contribution in [2.45, 2.75) is 50.5 Å². The second-order valence-corrected chi connectivity index (χ2v) is 10.1. The van der Waals surface area contributed by atoms with E-state index in [0.717, 1.165) is 30.4 Å². The number of amides is 1. The highest BCUT2D eigenvalue weighted by atomic mass is 32.2. The summed E-state index contributed by atoms with van der Waals surface area (Å²) in [4.78, 5) is 15.0. The van der Waals surface area contributed by atoms with Crippen LogP contribution >= 0.6 is 0 Å². The van der Waals surface area contributed by atoms with Gasteiger partial charge in [0, 0.05) is 32.6 Å². The molecule has 0 radical (unpaired) electrons. The van der Waals surface area contributed by atoms with Gasteiger partial charge in [-0.2, -0.15) is 4.31 Å². The highest BCUT2D eigenvalue weighted by Crippen LogP contribution is 2.28. The van der Waals surface area contributed by atoms with Gasteiger partial charge in [0.2, 0.25) is 15.9 Å². The Labute approximate surface area is 197 Å². The van der Waals surface area contributed by atoms with Gasteiger partial charge in [-0.15, -0.1) is 0 Å². The maximum atomic E-state index is 12.8. The molecule has 0 unspecified atom stereocenters. The normalized spacial score (nSPS) is 14.6. The minimum absolute atomic E-state index is 0.0531. The first-order chi connectivity index (χ1) is 15.9. The quantitative estimate of drug-likeness (QED) is 0.523. The van der Waals surface area contributed by atoms with E-state index in [1.54, 1.807) is 35.6 Å². The van der Waals surface area contributed by atoms with E-state index in [0.29, 0.717) is 55.4 Å². The Morgan fingerprint density at radius 1 is 0.939 bits per heavy atom. The number of aryl methyl sites for hydroxylation is 1. The fraction of sp³-hybridized carbons (Fsp3) is 0.480. The molecule has 0 spiro atoms. The summed E-state index contributed by atoms with van der Waals surface area (Å²) in [5.74, 6) is 1.34. The number of ether oxygens (including phenoxy) is 2. The van der Waals surface area contributed by atoms with Gasteiger partial charge in [0.15, 0.2) is 11.5 Å². The Balaban J connectivity index is 1.59. The Bertz CT molecular complexity index is 1030. The van der Waals surface area contributed by atoms with Crippen LogP contribution in [0.5, 0.6) is 11.5 Å². The lowest BCUT2D eigenvalue weighted by Crippen LogP contribution is -2.35. The van der Waals surface area contributed by atoms with Gasteiger partial charge in [-0.1, -0.05) is 24.6 Å². The number of carbonyl (C=O) groups excluding carboxylic acids is 1. The maximum Gasteiger partial charge on any atom is 0.243 e. The van der Waals surface area contributed by atoms with E-state index in [1.165, 1.54) is 0 Å². The van der Waals surface area contributed by atoms with Crippen LogP contribution < -0.4 is 9.47 Å². The first kappa shape index (κ1) is 25.1. The molecule has 7 nitrogen and oxygen atoms in total. The van der Waals surface area contributed by atoms with Gasteiger partial charge in [0.05, 0.1) is 19.1 Å². The Morgan fingerprint density at radius 3 is 2.18 bits per heavy atom. The summed E-state index contributed by atoms with van der Waals surface area (Å²) in [7, 11) is -0.251. The zero-order valence-corrected chi connectivity index (χ0v) is 20.6. The first-order valence-corrected chi connectivity index (χ1v) is 12.9. The molecule has 2 aromatic rings. The summed E-state index contributed by atoms with van der Waals surface area (Å²) in [5.41, 5.74) is 1.92. The molecule has 0 aliphatic carbocycles. The van der Waals surface area contributed by atoms with Crippen molar-refractivity contribution in [2.75, 3.05) is 33.9 Å². The molecule has 180 valence electrons. The minimum Gasteiger partial charge on any atom is -0.493 e. The number of rotatable bonds is 10. The van der Waals surface area contributed by atoms with Gasteiger partial charge < -0.3 is 14.4 Å². The fourth-order valence-electron chi connectivity index (χ4n) is 4.07. The number of benzene rings is 2. The number of carbonyl (C=O) groups is 1. The van der Waals surface area contributed by atoms with Gasteiger partial charge in [-0.05, 0) is 61.6 Å².